The molecule has 0 bridgehead atoms. The summed E-state index contributed by atoms with van der Waals surface area (Å²) >= 11 is 0. The lowest BCUT2D eigenvalue weighted by Crippen LogP contribution is -2.42. The Kier molecular flexibility index (Phi) is 5.21. The number of rotatable bonds is 5. The highest BCUT2D eigenvalue weighted by atomic mass is 15.4. The van der Waals surface area contributed by atoms with Gasteiger partial charge in [-0.15, -0.1) is 0 Å². The molecule has 2 heterocycles. The number of hydrogen-bond donors (Lipinski definition) is 0. The number of anilines is 2. The third-order valence-corrected chi connectivity index (χ3v) is 5.74. The van der Waals surface area contributed by atoms with Crippen LogP contribution in [-0.2, 0) is 0 Å². The number of benzene rings is 2. The van der Waals surface area contributed by atoms with Gasteiger partial charge in [-0.25, -0.2) is 0 Å². The molecule has 0 aromatic heterocycles. The summed E-state index contributed by atoms with van der Waals surface area (Å²) in [5.41, 5.74) is 4.96. The van der Waals surface area contributed by atoms with E-state index in [2.05, 4.69) is 86.0 Å². The maximum absolute atomic E-state index is 5.10. The smallest absolute Gasteiger partial charge is 0.172 e. The fourth-order valence-corrected chi connectivity index (χ4v) is 3.86. The van der Waals surface area contributed by atoms with E-state index in [0.717, 1.165) is 37.6 Å². The number of aliphatic imine (C=N–C) groups is 2. The Hall–Kier alpha value is -2.62. The van der Waals surface area contributed by atoms with Crippen molar-refractivity contribution in [3.8, 4) is 0 Å². The lowest BCUT2D eigenvalue weighted by atomic mass is 10.2. The lowest BCUT2D eigenvalue weighted by molar-refractivity contribution is 0.693. The first-order valence-electron chi connectivity index (χ1n) is 10.4. The topological polar surface area (TPSA) is 31.2 Å². The van der Waals surface area contributed by atoms with Crippen molar-refractivity contribution < 1.29 is 0 Å². The molecule has 4 heteroatoms. The summed E-state index contributed by atoms with van der Waals surface area (Å²) in [5, 5.41) is 0. The highest BCUT2D eigenvalue weighted by Crippen LogP contribution is 2.28. The van der Waals surface area contributed by atoms with Gasteiger partial charge in [0.1, 0.15) is 0 Å². The van der Waals surface area contributed by atoms with Gasteiger partial charge in [-0.1, -0.05) is 49.2 Å². The molecule has 2 aliphatic rings. The zero-order chi connectivity index (χ0) is 19.7. The first-order valence-corrected chi connectivity index (χ1v) is 10.4. The summed E-state index contributed by atoms with van der Waals surface area (Å²) in [6.07, 6.45) is 2.09. The van der Waals surface area contributed by atoms with Gasteiger partial charge in [-0.3, -0.25) is 9.98 Å². The maximum Gasteiger partial charge on any atom is 0.172 e. The van der Waals surface area contributed by atoms with E-state index in [9.17, 15) is 0 Å². The summed E-state index contributed by atoms with van der Waals surface area (Å²) in [6.45, 7) is 10.5. The Labute approximate surface area is 168 Å². The molecular formula is C24H30N4. The SMILES string of the molecule is CC[C@H]1CN(c2ccc(C)cc2)C(C2=N[C@@H](CC)CN2c2ccc(C)cc2)=N1. The summed E-state index contributed by atoms with van der Waals surface area (Å²) in [5.74, 6) is 2.04. The van der Waals surface area contributed by atoms with E-state index in [4.69, 9.17) is 9.98 Å². The zero-order valence-electron chi connectivity index (χ0n) is 17.4. The van der Waals surface area contributed by atoms with Gasteiger partial charge in [0, 0.05) is 24.5 Å². The van der Waals surface area contributed by atoms with Gasteiger partial charge in [0.2, 0.25) is 0 Å². The van der Waals surface area contributed by atoms with Gasteiger partial charge in [-0.2, -0.15) is 0 Å². The van der Waals surface area contributed by atoms with Gasteiger partial charge in [-0.05, 0) is 51.0 Å². The molecular weight excluding hydrogens is 344 g/mol. The maximum atomic E-state index is 5.10. The molecule has 0 unspecified atom stereocenters. The standard InChI is InChI=1S/C24H30N4/c1-5-19-15-27(21-11-7-17(3)8-12-21)23(25-19)24-26-20(6-2)16-28(24)22-13-9-18(4)10-14-22/h7-14,19-20H,5-6,15-16H2,1-4H3/t19-,20-/m0/s1. The number of nitrogens with zero attached hydrogens (tertiary/aromatic N) is 4. The third-order valence-electron chi connectivity index (χ3n) is 5.74. The zero-order valence-corrected chi connectivity index (χ0v) is 17.4. The number of amidine groups is 2. The molecule has 4 rings (SSSR count). The van der Waals surface area contributed by atoms with Crippen LogP contribution < -0.4 is 9.80 Å². The Morgan fingerprint density at radius 3 is 1.36 bits per heavy atom. The minimum Gasteiger partial charge on any atom is -0.321 e. The summed E-state index contributed by atoms with van der Waals surface area (Å²) in [4.78, 5) is 14.9. The quantitative estimate of drug-likeness (QED) is 0.738. The molecule has 4 nitrogen and oxygen atoms in total. The first-order chi connectivity index (χ1) is 13.6. The van der Waals surface area contributed by atoms with Crippen LogP contribution >= 0.6 is 0 Å². The number of aryl methyl sites for hydroxylation is 2. The van der Waals surface area contributed by atoms with Crippen molar-refractivity contribution in [2.24, 2.45) is 9.98 Å². The highest BCUT2D eigenvalue weighted by Gasteiger charge is 2.36. The van der Waals surface area contributed by atoms with Crippen LogP contribution in [0.4, 0.5) is 11.4 Å². The van der Waals surface area contributed by atoms with E-state index in [-0.39, 0.29) is 0 Å². The van der Waals surface area contributed by atoms with Crippen molar-refractivity contribution >= 4 is 23.0 Å². The molecule has 0 saturated carbocycles. The highest BCUT2D eigenvalue weighted by molar-refractivity contribution is 6.50. The van der Waals surface area contributed by atoms with Crippen LogP contribution in [0.3, 0.4) is 0 Å². The minimum atomic E-state index is 0.319. The molecule has 2 atom stereocenters. The number of hydrogen-bond acceptors (Lipinski definition) is 4. The molecule has 0 spiro atoms. The molecule has 2 aliphatic heterocycles. The lowest BCUT2D eigenvalue weighted by Gasteiger charge is -2.26. The van der Waals surface area contributed by atoms with Gasteiger partial charge in [0.25, 0.3) is 0 Å². The molecule has 0 amide bonds. The molecule has 0 fully saturated rings. The van der Waals surface area contributed by atoms with Crippen LogP contribution in [-0.4, -0.2) is 36.8 Å². The minimum absolute atomic E-state index is 0.319. The van der Waals surface area contributed by atoms with E-state index in [1.54, 1.807) is 0 Å². The average molecular weight is 375 g/mol. The van der Waals surface area contributed by atoms with Gasteiger partial charge >= 0.3 is 0 Å². The van der Waals surface area contributed by atoms with Gasteiger partial charge in [0.05, 0.1) is 12.1 Å². The van der Waals surface area contributed by atoms with Crippen molar-refractivity contribution in [2.45, 2.75) is 52.6 Å². The molecule has 0 aliphatic carbocycles. The van der Waals surface area contributed by atoms with Crippen molar-refractivity contribution in [1.29, 1.82) is 0 Å². The second kappa shape index (κ2) is 7.78. The molecule has 0 radical (unpaired) electrons. The monoisotopic (exact) mass is 374 g/mol. The third kappa shape index (κ3) is 3.56. The molecule has 0 saturated heterocycles. The van der Waals surface area contributed by atoms with Crippen molar-refractivity contribution in [2.75, 3.05) is 22.9 Å². The van der Waals surface area contributed by atoms with Crippen LogP contribution in [0.15, 0.2) is 58.5 Å². The fraction of sp³-hybridized carbons (Fsp3) is 0.417. The van der Waals surface area contributed by atoms with Crippen molar-refractivity contribution in [1.82, 2.24) is 0 Å². The van der Waals surface area contributed by atoms with Crippen LogP contribution in [0, 0.1) is 13.8 Å². The van der Waals surface area contributed by atoms with Gasteiger partial charge in [0.15, 0.2) is 11.7 Å². The van der Waals surface area contributed by atoms with E-state index < -0.39 is 0 Å². The van der Waals surface area contributed by atoms with E-state index in [0.29, 0.717) is 12.1 Å². The summed E-state index contributed by atoms with van der Waals surface area (Å²) in [7, 11) is 0. The average Bonchev–Trinajstić information content (AvgIpc) is 3.33. The van der Waals surface area contributed by atoms with Crippen molar-refractivity contribution in [3.63, 3.8) is 0 Å². The Bertz CT molecular complexity index is 804. The predicted molar refractivity (Wildman–Crippen MR) is 120 cm³/mol. The Morgan fingerprint density at radius 2 is 1.04 bits per heavy atom. The fourth-order valence-electron chi connectivity index (χ4n) is 3.86. The predicted octanol–water partition coefficient (Wildman–Crippen LogP) is 5.00. The Morgan fingerprint density at radius 1 is 0.679 bits per heavy atom. The van der Waals surface area contributed by atoms with Crippen LogP contribution in [0.2, 0.25) is 0 Å². The molecule has 28 heavy (non-hydrogen) atoms. The normalized spacial score (nSPS) is 21.9. The summed E-state index contributed by atoms with van der Waals surface area (Å²) < 4.78 is 0. The van der Waals surface area contributed by atoms with E-state index in [1.807, 2.05) is 0 Å². The summed E-state index contributed by atoms with van der Waals surface area (Å²) in [6, 6.07) is 18.1. The molecule has 2 aromatic rings. The first kappa shape index (κ1) is 18.7. The van der Waals surface area contributed by atoms with E-state index >= 15 is 0 Å². The second-order valence-corrected chi connectivity index (χ2v) is 7.92. The second-order valence-electron chi connectivity index (χ2n) is 7.92. The molecule has 0 N–H and O–H groups in total. The molecule has 146 valence electrons. The van der Waals surface area contributed by atoms with Crippen LogP contribution in [0.25, 0.3) is 0 Å². The van der Waals surface area contributed by atoms with Crippen LogP contribution in [0.1, 0.15) is 37.8 Å². The van der Waals surface area contributed by atoms with Crippen LogP contribution in [0.5, 0.6) is 0 Å². The molecule has 2 aromatic carbocycles. The van der Waals surface area contributed by atoms with Gasteiger partial charge < -0.3 is 9.80 Å². The Balaban J connectivity index is 1.73. The van der Waals surface area contributed by atoms with Crippen molar-refractivity contribution in [3.05, 3.63) is 59.7 Å². The largest absolute Gasteiger partial charge is 0.321 e. The van der Waals surface area contributed by atoms with E-state index in [1.165, 1.54) is 22.5 Å².